The number of nitrogens with one attached hydrogen (secondary N) is 2. The highest BCUT2D eigenvalue weighted by Gasteiger charge is 2.32. The van der Waals surface area contributed by atoms with Gasteiger partial charge in [-0.15, -0.1) is 0 Å². The molecule has 2 aromatic carbocycles. The molecule has 3 rings (SSSR count). The lowest BCUT2D eigenvalue weighted by molar-refractivity contribution is -0.885. The lowest BCUT2D eigenvalue weighted by Gasteiger charge is -2.25. The van der Waals surface area contributed by atoms with E-state index in [0.29, 0.717) is 36.9 Å². The molecule has 2 N–H and O–H groups in total. The van der Waals surface area contributed by atoms with Crippen LogP contribution in [0.15, 0.2) is 42.5 Å². The lowest BCUT2D eigenvalue weighted by Crippen LogP contribution is -3.15. The number of ether oxygens (including phenoxy) is 2. The second kappa shape index (κ2) is 10.3. The third kappa shape index (κ3) is 5.35. The quantitative estimate of drug-likeness (QED) is 0.643. The van der Waals surface area contributed by atoms with Gasteiger partial charge in [-0.2, -0.15) is 0 Å². The third-order valence-corrected chi connectivity index (χ3v) is 5.53. The third-order valence-electron chi connectivity index (χ3n) is 5.53. The Bertz CT molecular complexity index is 931. The van der Waals surface area contributed by atoms with Crippen LogP contribution in [0.4, 0.5) is 11.4 Å². The first-order valence-electron chi connectivity index (χ1n) is 10.9. The largest absolute Gasteiger partial charge is 0.490 e. The van der Waals surface area contributed by atoms with Crippen molar-refractivity contribution in [1.29, 1.82) is 0 Å². The molecule has 0 fully saturated rings. The smallest absolute Gasteiger partial charge is 0.284 e. The molecule has 0 spiro atoms. The minimum absolute atomic E-state index is 0.0370. The molecule has 0 bridgehead atoms. The minimum atomic E-state index is -0.337. The van der Waals surface area contributed by atoms with Crippen molar-refractivity contribution >= 4 is 23.2 Å². The van der Waals surface area contributed by atoms with Crippen molar-refractivity contribution in [3.05, 3.63) is 48.0 Å². The zero-order valence-corrected chi connectivity index (χ0v) is 18.7. The molecule has 7 heteroatoms. The van der Waals surface area contributed by atoms with Crippen LogP contribution in [0.3, 0.4) is 0 Å². The van der Waals surface area contributed by atoms with Crippen LogP contribution in [0.25, 0.3) is 0 Å². The molecule has 2 aromatic rings. The van der Waals surface area contributed by atoms with Gasteiger partial charge in [-0.3, -0.25) is 9.59 Å². The van der Waals surface area contributed by atoms with E-state index in [0.717, 1.165) is 17.0 Å². The van der Waals surface area contributed by atoms with Crippen LogP contribution in [0, 0.1) is 0 Å². The Labute approximate surface area is 183 Å². The number of carbonyl (C=O) groups is 2. The molecule has 0 saturated carbocycles. The van der Waals surface area contributed by atoms with Crippen LogP contribution >= 0.6 is 0 Å². The van der Waals surface area contributed by atoms with Crippen LogP contribution in [-0.2, 0) is 16.0 Å². The number of anilines is 2. The summed E-state index contributed by atoms with van der Waals surface area (Å²) in [6.45, 7) is 7.59. The van der Waals surface area contributed by atoms with Gasteiger partial charge in [0, 0.05) is 24.0 Å². The van der Waals surface area contributed by atoms with Gasteiger partial charge in [0.2, 0.25) is 0 Å². The summed E-state index contributed by atoms with van der Waals surface area (Å²) in [5.74, 6) is 1.12. The van der Waals surface area contributed by atoms with E-state index in [1.54, 1.807) is 18.2 Å². The molecule has 7 nitrogen and oxygen atoms in total. The molecule has 0 aliphatic carbocycles. The number of carbonyl (C=O) groups excluding carboxylic acids is 2. The van der Waals surface area contributed by atoms with Crippen LogP contribution in [0.2, 0.25) is 0 Å². The fraction of sp³-hybridized carbons (Fsp3) is 0.417. The number of quaternary nitrogens is 1. The average Bonchev–Trinajstić information content (AvgIpc) is 3.19. The molecule has 1 heterocycles. The van der Waals surface area contributed by atoms with Crippen molar-refractivity contribution in [2.24, 2.45) is 0 Å². The van der Waals surface area contributed by atoms with Gasteiger partial charge >= 0.3 is 0 Å². The van der Waals surface area contributed by atoms with Crippen molar-refractivity contribution in [3.63, 3.8) is 0 Å². The number of rotatable bonds is 9. The van der Waals surface area contributed by atoms with Crippen molar-refractivity contribution in [2.45, 2.75) is 33.2 Å². The van der Waals surface area contributed by atoms with Gasteiger partial charge in [-0.1, -0.05) is 18.2 Å². The monoisotopic (exact) mass is 426 g/mol. The molecule has 1 aliphatic rings. The van der Waals surface area contributed by atoms with Crippen LogP contribution in [0.1, 0.15) is 26.3 Å². The van der Waals surface area contributed by atoms with Crippen molar-refractivity contribution in [2.75, 3.05) is 43.6 Å². The summed E-state index contributed by atoms with van der Waals surface area (Å²) in [6.07, 6.45) is 0.869. The summed E-state index contributed by atoms with van der Waals surface area (Å²) in [5, 5.41) is 2.90. The number of hydrogen-bond acceptors (Lipinski definition) is 4. The van der Waals surface area contributed by atoms with Gasteiger partial charge in [0.25, 0.3) is 11.8 Å². The Kier molecular flexibility index (Phi) is 7.52. The number of para-hydroxylation sites is 1. The zero-order chi connectivity index (χ0) is 22.4. The SMILES string of the molecule is CCOc1ccc(NC(=O)C[NH+](C)[C@@H](C)C(=O)N2CCc3ccccc32)cc1OCC. The second-order valence-corrected chi connectivity index (χ2v) is 7.69. The molecule has 0 radical (unpaired) electrons. The fourth-order valence-electron chi connectivity index (χ4n) is 3.75. The number of amides is 2. The second-order valence-electron chi connectivity index (χ2n) is 7.69. The van der Waals surface area contributed by atoms with Gasteiger partial charge in [0.1, 0.15) is 0 Å². The number of nitrogens with zero attached hydrogens (tertiary/aromatic N) is 1. The molecule has 1 aliphatic heterocycles. The maximum Gasteiger partial charge on any atom is 0.284 e. The summed E-state index contributed by atoms with van der Waals surface area (Å²) in [5.41, 5.74) is 2.81. The lowest BCUT2D eigenvalue weighted by atomic mass is 10.2. The first-order valence-corrected chi connectivity index (χ1v) is 10.9. The molecule has 166 valence electrons. The van der Waals surface area contributed by atoms with Crippen molar-refractivity contribution < 1.29 is 24.0 Å². The maximum absolute atomic E-state index is 13.0. The van der Waals surface area contributed by atoms with E-state index in [4.69, 9.17) is 9.47 Å². The summed E-state index contributed by atoms with van der Waals surface area (Å²) >= 11 is 0. The van der Waals surface area contributed by atoms with E-state index >= 15 is 0 Å². The number of likely N-dealkylation sites (N-methyl/N-ethyl adjacent to an activating group) is 1. The van der Waals surface area contributed by atoms with Crippen LogP contribution < -0.4 is 24.6 Å². The van der Waals surface area contributed by atoms with E-state index in [2.05, 4.69) is 11.4 Å². The Balaban J connectivity index is 1.60. The Morgan fingerprint density at radius 2 is 1.81 bits per heavy atom. The summed E-state index contributed by atoms with van der Waals surface area (Å²) < 4.78 is 11.2. The summed E-state index contributed by atoms with van der Waals surface area (Å²) in [7, 11) is 1.87. The molecular weight excluding hydrogens is 394 g/mol. The average molecular weight is 427 g/mol. The Morgan fingerprint density at radius 3 is 2.55 bits per heavy atom. The van der Waals surface area contributed by atoms with Crippen molar-refractivity contribution in [3.8, 4) is 11.5 Å². The molecular formula is C24H32N3O4+. The highest BCUT2D eigenvalue weighted by atomic mass is 16.5. The molecule has 1 unspecified atom stereocenters. The standard InChI is InChI=1S/C24H31N3O4/c1-5-30-21-12-11-19(15-22(21)31-6-2)25-23(28)16-26(4)17(3)24(29)27-14-13-18-9-7-8-10-20(18)27/h7-12,15,17H,5-6,13-14,16H2,1-4H3,(H,25,28)/p+1/t17-/m0/s1. The molecule has 31 heavy (non-hydrogen) atoms. The van der Waals surface area contributed by atoms with Gasteiger partial charge < -0.3 is 24.6 Å². The Hall–Kier alpha value is -3.06. The van der Waals surface area contributed by atoms with E-state index in [1.807, 2.05) is 50.9 Å². The van der Waals surface area contributed by atoms with Gasteiger partial charge in [-0.25, -0.2) is 0 Å². The molecule has 0 saturated heterocycles. The first-order chi connectivity index (χ1) is 14.9. The highest BCUT2D eigenvalue weighted by molar-refractivity contribution is 5.98. The zero-order valence-electron chi connectivity index (χ0n) is 18.7. The van der Waals surface area contributed by atoms with E-state index in [9.17, 15) is 9.59 Å². The number of hydrogen-bond donors (Lipinski definition) is 2. The number of fused-ring (bicyclic) bond motifs is 1. The molecule has 0 aromatic heterocycles. The molecule has 2 amide bonds. The first kappa shape index (κ1) is 22.6. The van der Waals surface area contributed by atoms with Crippen LogP contribution in [-0.4, -0.2) is 51.2 Å². The normalized spacial score (nSPS) is 14.5. The topological polar surface area (TPSA) is 72.3 Å². The minimum Gasteiger partial charge on any atom is -0.490 e. The fourth-order valence-corrected chi connectivity index (χ4v) is 3.75. The van der Waals surface area contributed by atoms with E-state index in [-0.39, 0.29) is 24.4 Å². The van der Waals surface area contributed by atoms with Gasteiger partial charge in [0.15, 0.2) is 24.1 Å². The van der Waals surface area contributed by atoms with Crippen molar-refractivity contribution in [1.82, 2.24) is 0 Å². The van der Waals surface area contributed by atoms with E-state index in [1.165, 1.54) is 5.56 Å². The van der Waals surface area contributed by atoms with Gasteiger partial charge in [-0.05, 0) is 51.0 Å². The molecule has 2 atom stereocenters. The predicted octanol–water partition coefficient (Wildman–Crippen LogP) is 1.92. The Morgan fingerprint density at radius 1 is 1.10 bits per heavy atom. The predicted molar refractivity (Wildman–Crippen MR) is 121 cm³/mol. The van der Waals surface area contributed by atoms with Crippen LogP contribution in [0.5, 0.6) is 11.5 Å². The van der Waals surface area contributed by atoms with E-state index < -0.39 is 0 Å². The maximum atomic E-state index is 13.0. The van der Waals surface area contributed by atoms with Gasteiger partial charge in [0.05, 0.1) is 20.3 Å². The summed E-state index contributed by atoms with van der Waals surface area (Å²) in [6, 6.07) is 13.0. The number of benzene rings is 2. The highest BCUT2D eigenvalue weighted by Crippen LogP contribution is 2.30. The summed E-state index contributed by atoms with van der Waals surface area (Å²) in [4.78, 5) is 28.3.